The van der Waals surface area contributed by atoms with Gasteiger partial charge in [-0.25, -0.2) is 12.8 Å². The van der Waals surface area contributed by atoms with Gasteiger partial charge in [-0.2, -0.15) is 0 Å². The number of hydrogen-bond acceptors (Lipinski definition) is 5. The van der Waals surface area contributed by atoms with Crippen molar-refractivity contribution < 1.29 is 22.7 Å². The van der Waals surface area contributed by atoms with E-state index in [-0.39, 0.29) is 21.7 Å². The summed E-state index contributed by atoms with van der Waals surface area (Å²) in [6, 6.07) is 5.31. The summed E-state index contributed by atoms with van der Waals surface area (Å²) in [5.41, 5.74) is 0.159. The van der Waals surface area contributed by atoms with Crippen LogP contribution in [0.1, 0.15) is 52.4 Å². The van der Waals surface area contributed by atoms with Crippen LogP contribution in [0.4, 0.5) is 4.39 Å². The Morgan fingerprint density at radius 2 is 1.94 bits per heavy atom. The molecule has 1 saturated heterocycles. The first-order valence-corrected chi connectivity index (χ1v) is 13.5. The molecule has 0 bridgehead atoms. The number of hydrogen-bond donors (Lipinski definition) is 2. The van der Waals surface area contributed by atoms with Gasteiger partial charge in [0.15, 0.2) is 0 Å². The van der Waals surface area contributed by atoms with Crippen molar-refractivity contribution in [2.45, 2.75) is 62.9 Å². The maximum absolute atomic E-state index is 14.0. The number of halogens is 1. The minimum Gasteiger partial charge on any atom is -0.390 e. The number of aromatic nitrogens is 1. The number of amides is 1. The van der Waals surface area contributed by atoms with Crippen molar-refractivity contribution >= 4 is 26.8 Å². The van der Waals surface area contributed by atoms with Crippen LogP contribution in [0.15, 0.2) is 58.8 Å². The van der Waals surface area contributed by atoms with E-state index in [9.17, 15) is 22.7 Å². The van der Waals surface area contributed by atoms with Crippen LogP contribution < -0.4 is 4.72 Å². The summed E-state index contributed by atoms with van der Waals surface area (Å²) in [6.45, 7) is 4.28. The van der Waals surface area contributed by atoms with Crippen molar-refractivity contribution in [2.24, 2.45) is 5.92 Å². The van der Waals surface area contributed by atoms with Crippen molar-refractivity contribution in [3.8, 4) is 0 Å². The lowest BCUT2D eigenvalue weighted by Gasteiger charge is -2.42. The number of likely N-dealkylation sites (tertiary alicyclic amines) is 1. The third kappa shape index (κ3) is 5.73. The maximum Gasteiger partial charge on any atom is 0.263 e. The fourth-order valence-corrected chi connectivity index (χ4v) is 6.03. The number of rotatable bonds is 7. The first kappa shape index (κ1) is 25.3. The fraction of sp³-hybridized carbons (Fsp3) is 0.462. The molecule has 0 unspecified atom stereocenters. The van der Waals surface area contributed by atoms with E-state index in [0.29, 0.717) is 43.1 Å². The van der Waals surface area contributed by atoms with Gasteiger partial charge in [0.05, 0.1) is 11.1 Å². The number of piperidine rings is 1. The zero-order valence-electron chi connectivity index (χ0n) is 20.1. The van der Waals surface area contributed by atoms with E-state index in [1.165, 1.54) is 43.7 Å². The monoisotopic (exact) mass is 501 g/mol. The Bertz CT molecular complexity index is 1280. The molecule has 2 fully saturated rings. The standard InChI is InChI=1S/C26H32FN3O4S/c1-18(25(31)30-15-12-26(32,13-16-30)17-20-5-3-6-20)8-9-19(2)29-35(33,34)23-11-10-22(27)21-7-4-14-28-24(21)23/h4,7-11,14,20,29,32H,3,5-6,12-13,15-17H2,1-2H3/b18-8+,19-9+. The number of allylic oxidation sites excluding steroid dienone is 3. The van der Waals surface area contributed by atoms with Gasteiger partial charge in [-0.05, 0) is 69.4 Å². The maximum atomic E-state index is 14.0. The number of sulfonamides is 1. The highest BCUT2D eigenvalue weighted by Crippen LogP contribution is 2.38. The summed E-state index contributed by atoms with van der Waals surface area (Å²) in [7, 11) is -4.01. The van der Waals surface area contributed by atoms with Gasteiger partial charge in [-0.15, -0.1) is 0 Å². The third-order valence-electron chi connectivity index (χ3n) is 7.06. The Kier molecular flexibility index (Phi) is 7.28. The molecule has 4 rings (SSSR count). The lowest BCUT2D eigenvalue weighted by Crippen LogP contribution is -2.48. The molecule has 7 nitrogen and oxygen atoms in total. The van der Waals surface area contributed by atoms with Gasteiger partial charge >= 0.3 is 0 Å². The molecular formula is C26H32FN3O4S. The Morgan fingerprint density at radius 1 is 1.23 bits per heavy atom. The normalized spacial score (nSPS) is 19.5. The molecule has 1 aliphatic heterocycles. The van der Waals surface area contributed by atoms with Gasteiger partial charge in [0.1, 0.15) is 10.7 Å². The second-order valence-corrected chi connectivity index (χ2v) is 11.4. The largest absolute Gasteiger partial charge is 0.390 e. The predicted octanol–water partition coefficient (Wildman–Crippen LogP) is 4.05. The van der Waals surface area contributed by atoms with E-state index < -0.39 is 21.4 Å². The van der Waals surface area contributed by atoms with Gasteiger partial charge < -0.3 is 10.0 Å². The zero-order chi connectivity index (χ0) is 25.2. The molecule has 1 amide bonds. The zero-order valence-corrected chi connectivity index (χ0v) is 20.9. The summed E-state index contributed by atoms with van der Waals surface area (Å²) in [4.78, 5) is 18.5. The van der Waals surface area contributed by atoms with Crippen molar-refractivity contribution in [3.05, 3.63) is 59.7 Å². The first-order chi connectivity index (χ1) is 16.6. The highest BCUT2D eigenvalue weighted by molar-refractivity contribution is 7.89. The molecule has 2 N–H and O–H groups in total. The predicted molar refractivity (Wildman–Crippen MR) is 132 cm³/mol. The van der Waals surface area contributed by atoms with Crippen LogP contribution >= 0.6 is 0 Å². The van der Waals surface area contributed by atoms with Gasteiger partial charge in [0.2, 0.25) is 5.91 Å². The SMILES string of the molecule is C/C(=C\C=C(/C)C(=O)N1CCC(O)(CC2CCC2)CC1)NS(=O)(=O)c1ccc(F)c2cccnc12. The minimum atomic E-state index is -4.01. The second-order valence-electron chi connectivity index (χ2n) is 9.77. The number of pyridine rings is 1. The van der Waals surface area contributed by atoms with Crippen molar-refractivity contribution in [1.82, 2.24) is 14.6 Å². The molecule has 0 radical (unpaired) electrons. The van der Waals surface area contributed by atoms with E-state index in [2.05, 4.69) is 9.71 Å². The molecule has 9 heteroatoms. The van der Waals surface area contributed by atoms with E-state index >= 15 is 0 Å². The summed E-state index contributed by atoms with van der Waals surface area (Å²) >= 11 is 0. The van der Waals surface area contributed by atoms with Crippen LogP contribution in [0.5, 0.6) is 0 Å². The fourth-order valence-electron chi connectivity index (χ4n) is 4.76. The van der Waals surface area contributed by atoms with Crippen LogP contribution in [0.2, 0.25) is 0 Å². The van der Waals surface area contributed by atoms with Crippen LogP contribution in [0.25, 0.3) is 10.9 Å². The molecule has 2 aliphatic rings. The Morgan fingerprint density at radius 3 is 2.60 bits per heavy atom. The number of nitrogens with zero attached hydrogens (tertiary/aromatic N) is 2. The van der Waals surface area contributed by atoms with Gasteiger partial charge in [0.25, 0.3) is 10.0 Å². The second kappa shape index (κ2) is 10.1. The number of benzene rings is 1. The van der Waals surface area contributed by atoms with E-state index in [1.807, 2.05) is 0 Å². The van der Waals surface area contributed by atoms with Crippen LogP contribution in [0.3, 0.4) is 0 Å². The molecule has 35 heavy (non-hydrogen) atoms. The number of carbonyl (C=O) groups is 1. The average molecular weight is 502 g/mol. The molecule has 1 aromatic carbocycles. The molecule has 188 valence electrons. The summed E-state index contributed by atoms with van der Waals surface area (Å²) in [5, 5.41) is 11.0. The molecule has 2 heterocycles. The molecule has 1 aromatic heterocycles. The van der Waals surface area contributed by atoms with Crippen molar-refractivity contribution in [1.29, 1.82) is 0 Å². The molecule has 1 aliphatic carbocycles. The smallest absolute Gasteiger partial charge is 0.263 e. The van der Waals surface area contributed by atoms with Gasteiger partial charge in [-0.1, -0.05) is 25.3 Å². The lowest BCUT2D eigenvalue weighted by molar-refractivity contribution is -0.132. The number of aliphatic hydroxyl groups is 1. The van der Waals surface area contributed by atoms with Crippen LogP contribution in [-0.2, 0) is 14.8 Å². The third-order valence-corrected chi connectivity index (χ3v) is 8.56. The Labute approximate surface area is 205 Å². The highest BCUT2D eigenvalue weighted by Gasteiger charge is 2.37. The van der Waals surface area contributed by atoms with Crippen molar-refractivity contribution in [3.63, 3.8) is 0 Å². The quantitative estimate of drug-likeness (QED) is 0.441. The molecule has 1 saturated carbocycles. The summed E-state index contributed by atoms with van der Waals surface area (Å²) in [6.07, 6.45) is 10.1. The number of nitrogens with one attached hydrogen (secondary N) is 1. The summed E-state index contributed by atoms with van der Waals surface area (Å²) in [5.74, 6) is -0.0589. The summed E-state index contributed by atoms with van der Waals surface area (Å²) < 4.78 is 42.4. The topological polar surface area (TPSA) is 99.6 Å². The van der Waals surface area contributed by atoms with Crippen molar-refractivity contribution in [2.75, 3.05) is 13.1 Å². The number of carbonyl (C=O) groups excluding carboxylic acids is 1. The van der Waals surface area contributed by atoms with Crippen LogP contribution in [0, 0.1) is 11.7 Å². The van der Waals surface area contributed by atoms with Gasteiger partial charge in [-0.3, -0.25) is 14.5 Å². The number of fused-ring (bicyclic) bond motifs is 1. The molecule has 2 aromatic rings. The van der Waals surface area contributed by atoms with Crippen LogP contribution in [-0.4, -0.2) is 48.0 Å². The Balaban J connectivity index is 1.40. The molecule has 0 atom stereocenters. The molecule has 0 spiro atoms. The highest BCUT2D eigenvalue weighted by atomic mass is 32.2. The van der Waals surface area contributed by atoms with E-state index in [4.69, 9.17) is 0 Å². The van der Waals surface area contributed by atoms with Gasteiger partial charge in [0, 0.05) is 35.9 Å². The minimum absolute atomic E-state index is 0.0528. The first-order valence-electron chi connectivity index (χ1n) is 12.0. The Hall–Kier alpha value is -2.78. The van der Waals surface area contributed by atoms with E-state index in [1.54, 1.807) is 30.9 Å². The lowest BCUT2D eigenvalue weighted by atomic mass is 9.74. The molecular weight excluding hydrogens is 469 g/mol. The average Bonchev–Trinajstić information content (AvgIpc) is 2.80. The van der Waals surface area contributed by atoms with E-state index in [0.717, 1.165) is 12.5 Å².